The largest absolute Gasteiger partial charge is 0.380 e. The molecule has 0 amide bonds. The van der Waals surface area contributed by atoms with Gasteiger partial charge < -0.3 is 10.3 Å². The minimum Gasteiger partial charge on any atom is -0.380 e. The Hall–Kier alpha value is -2.07. The highest BCUT2D eigenvalue weighted by Gasteiger charge is 2.20. The first-order valence-electron chi connectivity index (χ1n) is 6.24. The molecular weight excluding hydrogens is 316 g/mol. The Morgan fingerprint density at radius 1 is 1.00 bits per heavy atom. The predicted octanol–water partition coefficient (Wildman–Crippen LogP) is 4.66. The van der Waals surface area contributed by atoms with E-state index in [0.29, 0.717) is 11.6 Å². The van der Waals surface area contributed by atoms with Gasteiger partial charge in [-0.25, -0.2) is 0 Å². The van der Waals surface area contributed by atoms with E-state index in [-0.39, 0.29) is 0 Å². The molecule has 2 N–H and O–H groups in total. The van der Waals surface area contributed by atoms with Gasteiger partial charge in [0, 0.05) is 15.6 Å². The van der Waals surface area contributed by atoms with E-state index in [1.54, 1.807) is 0 Å². The van der Waals surface area contributed by atoms with Gasteiger partial charge in [-0.2, -0.15) is 0 Å². The summed E-state index contributed by atoms with van der Waals surface area (Å²) in [6.45, 7) is 2.04. The first kappa shape index (κ1) is 12.9. The number of hydrogen-bond donors (Lipinski definition) is 1. The Bertz CT molecular complexity index is 765. The van der Waals surface area contributed by atoms with Crippen LogP contribution < -0.4 is 5.73 Å². The highest BCUT2D eigenvalue weighted by atomic mass is 79.9. The minimum absolute atomic E-state index is 0.398. The molecule has 0 aliphatic rings. The molecule has 0 saturated carbocycles. The fourth-order valence-corrected chi connectivity index (χ4v) is 2.72. The highest BCUT2D eigenvalue weighted by Crippen LogP contribution is 2.40. The normalized spacial score (nSPS) is 10.7. The van der Waals surface area contributed by atoms with Crippen molar-refractivity contribution in [3.8, 4) is 22.5 Å². The average molecular weight is 329 g/mol. The number of benzene rings is 2. The van der Waals surface area contributed by atoms with Crippen LogP contribution in [0.5, 0.6) is 0 Å². The monoisotopic (exact) mass is 328 g/mol. The van der Waals surface area contributed by atoms with Crippen LogP contribution in [0.4, 0.5) is 5.82 Å². The molecule has 0 fully saturated rings. The van der Waals surface area contributed by atoms with Crippen molar-refractivity contribution in [1.82, 2.24) is 5.16 Å². The average Bonchev–Trinajstić information content (AvgIpc) is 2.82. The highest BCUT2D eigenvalue weighted by molar-refractivity contribution is 9.10. The van der Waals surface area contributed by atoms with Crippen LogP contribution >= 0.6 is 15.9 Å². The predicted molar refractivity (Wildman–Crippen MR) is 84.2 cm³/mol. The molecule has 20 heavy (non-hydrogen) atoms. The molecule has 1 heterocycles. The first-order valence-corrected chi connectivity index (χ1v) is 7.04. The summed E-state index contributed by atoms with van der Waals surface area (Å²) in [6.07, 6.45) is 0. The molecule has 0 radical (unpaired) electrons. The molecule has 3 nitrogen and oxygen atoms in total. The van der Waals surface area contributed by atoms with Gasteiger partial charge in [-0.05, 0) is 18.6 Å². The number of nitrogens with zero attached hydrogens (tertiary/aromatic N) is 1. The molecule has 0 aliphatic heterocycles. The summed E-state index contributed by atoms with van der Waals surface area (Å²) < 4.78 is 6.44. The van der Waals surface area contributed by atoms with E-state index in [1.807, 2.05) is 55.5 Å². The third-order valence-electron chi connectivity index (χ3n) is 3.25. The van der Waals surface area contributed by atoms with Gasteiger partial charge in [-0.3, -0.25) is 0 Å². The van der Waals surface area contributed by atoms with Gasteiger partial charge in [-0.15, -0.1) is 0 Å². The van der Waals surface area contributed by atoms with Crippen LogP contribution in [0.25, 0.3) is 22.5 Å². The maximum absolute atomic E-state index is 6.00. The fourth-order valence-electron chi connectivity index (χ4n) is 2.24. The lowest BCUT2D eigenvalue weighted by Crippen LogP contribution is -1.90. The van der Waals surface area contributed by atoms with Crippen molar-refractivity contribution in [2.24, 2.45) is 0 Å². The summed E-state index contributed by atoms with van der Waals surface area (Å²) in [7, 11) is 0. The summed E-state index contributed by atoms with van der Waals surface area (Å²) in [5.41, 5.74) is 9.93. The zero-order valence-electron chi connectivity index (χ0n) is 10.9. The van der Waals surface area contributed by atoms with Gasteiger partial charge in [0.2, 0.25) is 0 Å². The van der Waals surface area contributed by atoms with Crippen molar-refractivity contribution in [3.05, 3.63) is 58.6 Å². The molecule has 3 rings (SSSR count). The van der Waals surface area contributed by atoms with Crippen LogP contribution in [0.2, 0.25) is 0 Å². The smallest absolute Gasteiger partial charge is 0.177 e. The molecule has 0 bridgehead atoms. The quantitative estimate of drug-likeness (QED) is 0.744. The summed E-state index contributed by atoms with van der Waals surface area (Å²) in [6, 6.07) is 15.9. The van der Waals surface area contributed by atoms with Gasteiger partial charge in [0.15, 0.2) is 11.6 Å². The van der Waals surface area contributed by atoms with Crippen molar-refractivity contribution < 1.29 is 4.52 Å². The molecule has 0 saturated heterocycles. The SMILES string of the molecule is Cc1ccccc1-c1onc(N)c1-c1ccccc1Br. The minimum atomic E-state index is 0.398. The van der Waals surface area contributed by atoms with Crippen molar-refractivity contribution in [1.29, 1.82) is 0 Å². The van der Waals surface area contributed by atoms with E-state index >= 15 is 0 Å². The Balaban J connectivity index is 2.26. The fraction of sp³-hybridized carbons (Fsp3) is 0.0625. The number of aryl methyl sites for hydroxylation is 1. The Morgan fingerprint density at radius 2 is 1.65 bits per heavy atom. The number of hydrogen-bond acceptors (Lipinski definition) is 3. The van der Waals surface area contributed by atoms with Crippen LogP contribution in [-0.4, -0.2) is 5.16 Å². The topological polar surface area (TPSA) is 52.0 Å². The summed E-state index contributed by atoms with van der Waals surface area (Å²) in [5, 5.41) is 3.93. The molecule has 4 heteroatoms. The maximum atomic E-state index is 6.00. The molecule has 0 aliphatic carbocycles. The number of aromatic nitrogens is 1. The molecule has 0 spiro atoms. The Kier molecular flexibility index (Phi) is 3.32. The third-order valence-corrected chi connectivity index (χ3v) is 3.94. The lowest BCUT2D eigenvalue weighted by molar-refractivity contribution is 0.436. The van der Waals surface area contributed by atoms with Crippen molar-refractivity contribution in [2.45, 2.75) is 6.92 Å². The number of halogens is 1. The van der Waals surface area contributed by atoms with Crippen molar-refractivity contribution >= 4 is 21.7 Å². The van der Waals surface area contributed by atoms with E-state index in [0.717, 1.165) is 26.7 Å². The van der Waals surface area contributed by atoms with Crippen LogP contribution in [-0.2, 0) is 0 Å². The molecule has 3 aromatic rings. The van der Waals surface area contributed by atoms with E-state index < -0.39 is 0 Å². The van der Waals surface area contributed by atoms with Crippen LogP contribution in [0.1, 0.15) is 5.56 Å². The zero-order valence-corrected chi connectivity index (χ0v) is 12.5. The first-order chi connectivity index (χ1) is 9.68. The maximum Gasteiger partial charge on any atom is 0.177 e. The number of rotatable bonds is 2. The van der Waals surface area contributed by atoms with Gasteiger partial charge in [0.05, 0.1) is 5.56 Å². The van der Waals surface area contributed by atoms with E-state index in [4.69, 9.17) is 10.3 Å². The lowest BCUT2D eigenvalue weighted by Gasteiger charge is -2.07. The third kappa shape index (κ3) is 2.12. The number of anilines is 1. The summed E-state index contributed by atoms with van der Waals surface area (Å²) in [5.74, 6) is 1.10. The van der Waals surface area contributed by atoms with Gasteiger partial charge in [-0.1, -0.05) is 63.6 Å². The number of nitrogen functional groups attached to an aromatic ring is 1. The summed E-state index contributed by atoms with van der Waals surface area (Å²) >= 11 is 3.55. The Morgan fingerprint density at radius 3 is 2.35 bits per heavy atom. The van der Waals surface area contributed by atoms with Crippen LogP contribution in [0.3, 0.4) is 0 Å². The second-order valence-corrected chi connectivity index (χ2v) is 5.42. The lowest BCUT2D eigenvalue weighted by atomic mass is 9.99. The van der Waals surface area contributed by atoms with Crippen LogP contribution in [0.15, 0.2) is 57.5 Å². The molecule has 100 valence electrons. The Labute approximate surface area is 125 Å². The van der Waals surface area contributed by atoms with Gasteiger partial charge in [0.1, 0.15) is 0 Å². The molecular formula is C16H13BrN2O. The molecule has 2 aromatic carbocycles. The molecule has 0 atom stereocenters. The van der Waals surface area contributed by atoms with E-state index in [2.05, 4.69) is 21.1 Å². The van der Waals surface area contributed by atoms with Crippen molar-refractivity contribution in [2.75, 3.05) is 5.73 Å². The molecule has 0 unspecified atom stereocenters. The summed E-state index contributed by atoms with van der Waals surface area (Å²) in [4.78, 5) is 0. The number of nitrogens with two attached hydrogens (primary N) is 1. The van der Waals surface area contributed by atoms with Crippen LogP contribution in [0, 0.1) is 6.92 Å². The zero-order chi connectivity index (χ0) is 14.1. The van der Waals surface area contributed by atoms with Gasteiger partial charge in [0.25, 0.3) is 0 Å². The van der Waals surface area contributed by atoms with Gasteiger partial charge >= 0.3 is 0 Å². The van der Waals surface area contributed by atoms with E-state index in [1.165, 1.54) is 0 Å². The van der Waals surface area contributed by atoms with Crippen molar-refractivity contribution in [3.63, 3.8) is 0 Å². The van der Waals surface area contributed by atoms with E-state index in [9.17, 15) is 0 Å². The molecule has 1 aromatic heterocycles. The standard InChI is InChI=1S/C16H13BrN2O/c1-10-6-2-3-7-11(10)15-14(16(18)19-20-15)12-8-4-5-9-13(12)17/h2-9H,1H3,(H2,18,19). The second kappa shape index (κ2) is 5.13. The second-order valence-electron chi connectivity index (χ2n) is 4.57.